The summed E-state index contributed by atoms with van der Waals surface area (Å²) in [7, 11) is 0. The largest absolute Gasteiger partial charge is 0.311 e. The zero-order valence-electron chi connectivity index (χ0n) is 7.97. The molecular weight excluding hydrogens is 162 g/mol. The van der Waals surface area contributed by atoms with Gasteiger partial charge in [0, 0.05) is 19.1 Å². The van der Waals surface area contributed by atoms with E-state index in [-0.39, 0.29) is 5.54 Å². The predicted octanol–water partition coefficient (Wildman–Crippen LogP) is 0.774. The molecule has 2 fully saturated rings. The molecule has 0 amide bonds. The van der Waals surface area contributed by atoms with Crippen LogP contribution >= 0.6 is 0 Å². The van der Waals surface area contributed by atoms with Gasteiger partial charge in [-0.15, -0.1) is 0 Å². The van der Waals surface area contributed by atoms with Crippen LogP contribution in [0.25, 0.3) is 0 Å². The average Bonchev–Trinajstić information content (AvgIpc) is 2.13. The fourth-order valence-corrected chi connectivity index (χ4v) is 2.23. The van der Waals surface area contributed by atoms with Gasteiger partial charge in [-0.3, -0.25) is 5.32 Å². The van der Waals surface area contributed by atoms with Crippen molar-refractivity contribution in [1.82, 2.24) is 10.6 Å². The molecule has 13 heavy (non-hydrogen) atoms. The minimum atomic E-state index is -0.234. The van der Waals surface area contributed by atoms with Crippen LogP contribution in [0.5, 0.6) is 0 Å². The molecule has 1 aliphatic carbocycles. The highest BCUT2D eigenvalue weighted by Gasteiger charge is 2.38. The molecule has 3 nitrogen and oxygen atoms in total. The zero-order valence-corrected chi connectivity index (χ0v) is 7.97. The Hall–Kier alpha value is -0.590. The van der Waals surface area contributed by atoms with Crippen molar-refractivity contribution in [3.05, 3.63) is 0 Å². The molecule has 1 aliphatic heterocycles. The first-order valence-electron chi connectivity index (χ1n) is 5.24. The van der Waals surface area contributed by atoms with E-state index in [4.69, 9.17) is 5.26 Å². The lowest BCUT2D eigenvalue weighted by molar-refractivity contribution is 0.227. The first-order valence-corrected chi connectivity index (χ1v) is 5.24. The van der Waals surface area contributed by atoms with E-state index >= 15 is 0 Å². The molecule has 2 rings (SSSR count). The summed E-state index contributed by atoms with van der Waals surface area (Å²) < 4.78 is 0. The van der Waals surface area contributed by atoms with E-state index in [1.165, 1.54) is 32.1 Å². The molecule has 0 bridgehead atoms. The van der Waals surface area contributed by atoms with Gasteiger partial charge in [0.2, 0.25) is 0 Å². The maximum Gasteiger partial charge on any atom is 0.132 e. The van der Waals surface area contributed by atoms with E-state index in [0.717, 1.165) is 13.1 Å². The summed E-state index contributed by atoms with van der Waals surface area (Å²) in [6.45, 7) is 1.64. The lowest BCUT2D eigenvalue weighted by atomic mass is 9.88. The van der Waals surface area contributed by atoms with Crippen LogP contribution in [-0.2, 0) is 0 Å². The molecule has 0 aromatic carbocycles. The van der Waals surface area contributed by atoms with Crippen molar-refractivity contribution < 1.29 is 0 Å². The fourth-order valence-electron chi connectivity index (χ4n) is 2.23. The average molecular weight is 179 g/mol. The Labute approximate surface area is 79.5 Å². The normalized spacial score (nSPS) is 27.6. The van der Waals surface area contributed by atoms with Gasteiger partial charge in [0.1, 0.15) is 5.54 Å². The molecule has 72 valence electrons. The monoisotopic (exact) mass is 179 g/mol. The molecule has 2 aliphatic rings. The number of nitrogens with one attached hydrogen (secondary N) is 2. The highest BCUT2D eigenvalue weighted by molar-refractivity contribution is 5.17. The summed E-state index contributed by atoms with van der Waals surface area (Å²) in [5, 5.41) is 15.7. The molecule has 3 heteroatoms. The number of hydrogen-bond acceptors (Lipinski definition) is 3. The second kappa shape index (κ2) is 3.65. The summed E-state index contributed by atoms with van der Waals surface area (Å²) in [4.78, 5) is 0. The molecule has 0 aromatic heterocycles. The Balaban J connectivity index is 1.85. The summed E-state index contributed by atoms with van der Waals surface area (Å²) in [5.74, 6) is 0. The quantitative estimate of drug-likeness (QED) is 0.658. The number of nitrogens with zero attached hydrogens (tertiary/aromatic N) is 1. The number of nitriles is 1. The third kappa shape index (κ3) is 1.84. The van der Waals surface area contributed by atoms with Crippen LogP contribution in [0.2, 0.25) is 0 Å². The van der Waals surface area contributed by atoms with Gasteiger partial charge >= 0.3 is 0 Å². The highest BCUT2D eigenvalue weighted by atomic mass is 15.2. The van der Waals surface area contributed by atoms with Crippen molar-refractivity contribution in [3.8, 4) is 6.07 Å². The second-order valence-corrected chi connectivity index (χ2v) is 4.28. The molecule has 0 spiro atoms. The summed E-state index contributed by atoms with van der Waals surface area (Å²) in [6.07, 6.45) is 6.53. The Bertz CT molecular complexity index is 209. The molecule has 1 heterocycles. The Morgan fingerprint density at radius 2 is 1.92 bits per heavy atom. The van der Waals surface area contributed by atoms with Gasteiger partial charge < -0.3 is 5.32 Å². The Morgan fingerprint density at radius 1 is 1.23 bits per heavy atom. The van der Waals surface area contributed by atoms with Gasteiger partial charge in [0.05, 0.1) is 6.07 Å². The van der Waals surface area contributed by atoms with Gasteiger partial charge in [-0.2, -0.15) is 5.26 Å². The van der Waals surface area contributed by atoms with E-state index in [1.54, 1.807) is 0 Å². The molecular formula is C10H17N3. The maximum absolute atomic E-state index is 9.01. The van der Waals surface area contributed by atoms with E-state index in [2.05, 4.69) is 16.7 Å². The van der Waals surface area contributed by atoms with Crippen LogP contribution in [0.4, 0.5) is 0 Å². The number of rotatable bonds is 2. The molecule has 2 N–H and O–H groups in total. The maximum atomic E-state index is 9.01. The van der Waals surface area contributed by atoms with E-state index < -0.39 is 0 Å². The van der Waals surface area contributed by atoms with Crippen LogP contribution in [0.1, 0.15) is 32.1 Å². The molecule has 0 aromatic rings. The van der Waals surface area contributed by atoms with Crippen molar-refractivity contribution in [2.75, 3.05) is 13.1 Å². The van der Waals surface area contributed by atoms with Gasteiger partial charge in [0.15, 0.2) is 0 Å². The molecule has 1 saturated carbocycles. The van der Waals surface area contributed by atoms with Crippen molar-refractivity contribution in [3.63, 3.8) is 0 Å². The Kier molecular flexibility index (Phi) is 2.52. The van der Waals surface area contributed by atoms with Gasteiger partial charge in [-0.25, -0.2) is 0 Å². The smallest absolute Gasteiger partial charge is 0.132 e. The van der Waals surface area contributed by atoms with Crippen molar-refractivity contribution in [2.45, 2.75) is 43.7 Å². The summed E-state index contributed by atoms with van der Waals surface area (Å²) in [6, 6.07) is 2.98. The summed E-state index contributed by atoms with van der Waals surface area (Å²) in [5.41, 5.74) is -0.234. The first kappa shape index (κ1) is 8.98. The van der Waals surface area contributed by atoms with E-state index in [9.17, 15) is 0 Å². The fraction of sp³-hybridized carbons (Fsp3) is 0.900. The van der Waals surface area contributed by atoms with Crippen LogP contribution in [0.3, 0.4) is 0 Å². The van der Waals surface area contributed by atoms with Crippen LogP contribution in [-0.4, -0.2) is 24.7 Å². The van der Waals surface area contributed by atoms with Crippen LogP contribution < -0.4 is 10.6 Å². The topological polar surface area (TPSA) is 47.9 Å². The van der Waals surface area contributed by atoms with Crippen molar-refractivity contribution >= 4 is 0 Å². The van der Waals surface area contributed by atoms with E-state index in [0.29, 0.717) is 6.04 Å². The molecule has 0 radical (unpaired) electrons. The van der Waals surface area contributed by atoms with Crippen LogP contribution in [0.15, 0.2) is 0 Å². The highest BCUT2D eigenvalue weighted by Crippen LogP contribution is 2.21. The van der Waals surface area contributed by atoms with Crippen molar-refractivity contribution in [1.29, 1.82) is 5.26 Å². The number of hydrogen-bond donors (Lipinski definition) is 2. The third-order valence-corrected chi connectivity index (χ3v) is 3.15. The predicted molar refractivity (Wildman–Crippen MR) is 51.2 cm³/mol. The molecule has 1 saturated heterocycles. The standard InChI is InChI=1S/C10H17N3/c11-6-10(7-12-8-10)13-9-4-2-1-3-5-9/h9,12-13H,1-5,7-8H2. The third-order valence-electron chi connectivity index (χ3n) is 3.15. The minimum absolute atomic E-state index is 0.234. The SMILES string of the molecule is N#CC1(NC2CCCCC2)CNC1. The zero-order chi connectivity index (χ0) is 9.15. The van der Waals surface area contributed by atoms with Gasteiger partial charge in [-0.05, 0) is 12.8 Å². The van der Waals surface area contributed by atoms with Gasteiger partial charge in [-0.1, -0.05) is 19.3 Å². The molecule has 0 unspecified atom stereocenters. The Morgan fingerprint density at radius 3 is 2.38 bits per heavy atom. The lowest BCUT2D eigenvalue weighted by Gasteiger charge is -2.41. The minimum Gasteiger partial charge on any atom is -0.311 e. The first-order chi connectivity index (χ1) is 6.35. The summed E-state index contributed by atoms with van der Waals surface area (Å²) >= 11 is 0. The van der Waals surface area contributed by atoms with Crippen molar-refractivity contribution in [2.24, 2.45) is 0 Å². The molecule has 0 atom stereocenters. The van der Waals surface area contributed by atoms with Crippen LogP contribution in [0, 0.1) is 11.3 Å². The lowest BCUT2D eigenvalue weighted by Crippen LogP contribution is -2.69. The van der Waals surface area contributed by atoms with E-state index in [1.807, 2.05) is 0 Å². The van der Waals surface area contributed by atoms with Gasteiger partial charge in [0.25, 0.3) is 0 Å². The second-order valence-electron chi connectivity index (χ2n) is 4.28.